The molecule has 8 nitrogen and oxygen atoms in total. The highest BCUT2D eigenvalue weighted by molar-refractivity contribution is 5.82. The van der Waals surface area contributed by atoms with Gasteiger partial charge >= 0.3 is 12.0 Å². The van der Waals surface area contributed by atoms with Gasteiger partial charge in [-0.1, -0.05) is 6.92 Å². The van der Waals surface area contributed by atoms with Gasteiger partial charge in [0.2, 0.25) is 5.95 Å². The largest absolute Gasteiger partial charge is 0.480 e. The van der Waals surface area contributed by atoms with E-state index in [1.807, 2.05) is 4.90 Å². The molecule has 1 fully saturated rings. The third-order valence-corrected chi connectivity index (χ3v) is 3.41. The molecule has 1 atom stereocenters. The van der Waals surface area contributed by atoms with Crippen LogP contribution in [0.5, 0.6) is 0 Å². The number of amides is 2. The molecule has 2 heterocycles. The van der Waals surface area contributed by atoms with Crippen molar-refractivity contribution in [2.45, 2.75) is 19.4 Å². The number of nitrogens with zero attached hydrogens (tertiary/aromatic N) is 4. The maximum atomic E-state index is 12.0. The Morgan fingerprint density at radius 2 is 1.90 bits per heavy atom. The number of urea groups is 1. The predicted molar refractivity (Wildman–Crippen MR) is 76.1 cm³/mol. The van der Waals surface area contributed by atoms with Crippen LogP contribution < -0.4 is 10.2 Å². The molecule has 1 aliphatic heterocycles. The molecule has 1 aromatic rings. The summed E-state index contributed by atoms with van der Waals surface area (Å²) in [5.41, 5.74) is 0. The van der Waals surface area contributed by atoms with Crippen molar-refractivity contribution in [3.8, 4) is 0 Å². The van der Waals surface area contributed by atoms with E-state index >= 15 is 0 Å². The second-order valence-electron chi connectivity index (χ2n) is 4.77. The zero-order valence-corrected chi connectivity index (χ0v) is 11.9. The molecule has 0 aromatic carbocycles. The van der Waals surface area contributed by atoms with Gasteiger partial charge in [0, 0.05) is 38.6 Å². The Balaban J connectivity index is 1.86. The van der Waals surface area contributed by atoms with Crippen LogP contribution in [0.2, 0.25) is 0 Å². The minimum Gasteiger partial charge on any atom is -0.480 e. The average Bonchev–Trinajstić information content (AvgIpc) is 2.53. The van der Waals surface area contributed by atoms with Gasteiger partial charge in [-0.2, -0.15) is 0 Å². The van der Waals surface area contributed by atoms with Crippen LogP contribution >= 0.6 is 0 Å². The third-order valence-electron chi connectivity index (χ3n) is 3.41. The van der Waals surface area contributed by atoms with Crippen molar-refractivity contribution in [1.29, 1.82) is 0 Å². The van der Waals surface area contributed by atoms with Gasteiger partial charge in [0.25, 0.3) is 0 Å². The number of carbonyl (C=O) groups excluding carboxylic acids is 1. The van der Waals surface area contributed by atoms with Crippen LogP contribution in [0.1, 0.15) is 13.3 Å². The lowest BCUT2D eigenvalue weighted by Crippen LogP contribution is -2.54. The molecule has 1 aliphatic rings. The summed E-state index contributed by atoms with van der Waals surface area (Å²) in [6.07, 6.45) is 3.72. The molecular weight excluding hydrogens is 274 g/mol. The second-order valence-corrected chi connectivity index (χ2v) is 4.77. The molecular formula is C13H19N5O3. The molecule has 0 spiro atoms. The van der Waals surface area contributed by atoms with E-state index in [0.29, 0.717) is 38.5 Å². The standard InChI is InChI=1S/C13H19N5O3/c1-2-10(11(19)20)16-13(21)18-8-6-17(7-9-18)12-14-4-3-5-15-12/h3-5,10H,2,6-9H2,1H3,(H,16,21)(H,19,20)/t10-/m1/s1. The first kappa shape index (κ1) is 15.0. The molecule has 0 unspecified atom stereocenters. The topological polar surface area (TPSA) is 98.7 Å². The van der Waals surface area contributed by atoms with E-state index in [1.54, 1.807) is 30.3 Å². The molecule has 0 radical (unpaired) electrons. The number of rotatable bonds is 4. The van der Waals surface area contributed by atoms with E-state index in [9.17, 15) is 9.59 Å². The fourth-order valence-electron chi connectivity index (χ4n) is 2.14. The highest BCUT2D eigenvalue weighted by Crippen LogP contribution is 2.09. The monoisotopic (exact) mass is 293 g/mol. The van der Waals surface area contributed by atoms with Crippen molar-refractivity contribution in [2.75, 3.05) is 31.1 Å². The number of carbonyl (C=O) groups is 2. The van der Waals surface area contributed by atoms with E-state index in [4.69, 9.17) is 5.11 Å². The Morgan fingerprint density at radius 3 is 2.43 bits per heavy atom. The van der Waals surface area contributed by atoms with Gasteiger partial charge in [0.1, 0.15) is 6.04 Å². The summed E-state index contributed by atoms with van der Waals surface area (Å²) in [5, 5.41) is 11.5. The maximum absolute atomic E-state index is 12.0. The quantitative estimate of drug-likeness (QED) is 0.821. The lowest BCUT2D eigenvalue weighted by Gasteiger charge is -2.35. The zero-order chi connectivity index (χ0) is 15.2. The highest BCUT2D eigenvalue weighted by atomic mass is 16.4. The third kappa shape index (κ3) is 3.80. The van der Waals surface area contributed by atoms with Gasteiger partial charge in [-0.25, -0.2) is 19.6 Å². The molecule has 114 valence electrons. The smallest absolute Gasteiger partial charge is 0.326 e. The molecule has 0 bridgehead atoms. The number of hydrogen-bond acceptors (Lipinski definition) is 5. The fourth-order valence-corrected chi connectivity index (χ4v) is 2.14. The van der Waals surface area contributed by atoms with Gasteiger partial charge in [-0.15, -0.1) is 0 Å². The minimum absolute atomic E-state index is 0.335. The Hall–Kier alpha value is -2.38. The van der Waals surface area contributed by atoms with Crippen molar-refractivity contribution < 1.29 is 14.7 Å². The number of carboxylic acids is 1. The summed E-state index contributed by atoms with van der Waals surface area (Å²) in [4.78, 5) is 34.9. The van der Waals surface area contributed by atoms with Crippen molar-refractivity contribution >= 4 is 17.9 Å². The molecule has 0 aliphatic carbocycles. The van der Waals surface area contributed by atoms with E-state index in [-0.39, 0.29) is 6.03 Å². The minimum atomic E-state index is -1.01. The number of aromatic nitrogens is 2. The van der Waals surface area contributed by atoms with Gasteiger partial charge in [-0.3, -0.25) is 0 Å². The first-order valence-corrected chi connectivity index (χ1v) is 6.92. The van der Waals surface area contributed by atoms with E-state index in [2.05, 4.69) is 15.3 Å². The summed E-state index contributed by atoms with van der Waals surface area (Å²) in [5.74, 6) is -0.364. The first-order chi connectivity index (χ1) is 10.1. The van der Waals surface area contributed by atoms with E-state index in [0.717, 1.165) is 0 Å². The number of piperazine rings is 1. The summed E-state index contributed by atoms with van der Waals surface area (Å²) in [6, 6.07) is 0.579. The number of aliphatic carboxylic acids is 1. The van der Waals surface area contributed by atoms with Crippen molar-refractivity contribution in [2.24, 2.45) is 0 Å². The summed E-state index contributed by atoms with van der Waals surface area (Å²) in [7, 11) is 0. The highest BCUT2D eigenvalue weighted by Gasteiger charge is 2.25. The molecule has 21 heavy (non-hydrogen) atoms. The van der Waals surface area contributed by atoms with E-state index < -0.39 is 12.0 Å². The Morgan fingerprint density at radius 1 is 1.29 bits per heavy atom. The van der Waals surface area contributed by atoms with Gasteiger partial charge in [-0.05, 0) is 12.5 Å². The predicted octanol–water partition coefficient (Wildman–Crippen LogP) is 0.171. The van der Waals surface area contributed by atoms with Crippen molar-refractivity contribution in [3.05, 3.63) is 18.5 Å². The van der Waals surface area contributed by atoms with Crippen LogP contribution in [0.3, 0.4) is 0 Å². The Bertz CT molecular complexity index is 488. The lowest BCUT2D eigenvalue weighted by atomic mass is 10.2. The van der Waals surface area contributed by atoms with Crippen LogP contribution in [-0.4, -0.2) is 64.2 Å². The average molecular weight is 293 g/mol. The zero-order valence-electron chi connectivity index (χ0n) is 11.9. The number of anilines is 1. The SMILES string of the molecule is CC[C@@H](NC(=O)N1CCN(c2ncccn2)CC1)C(=O)O. The molecule has 2 amide bonds. The molecule has 2 N–H and O–H groups in total. The van der Waals surface area contributed by atoms with Gasteiger partial charge in [0.15, 0.2) is 0 Å². The Labute approximate surface area is 122 Å². The van der Waals surface area contributed by atoms with Gasteiger partial charge in [0.05, 0.1) is 0 Å². The van der Waals surface area contributed by atoms with Crippen molar-refractivity contribution in [3.63, 3.8) is 0 Å². The summed E-state index contributed by atoms with van der Waals surface area (Å²) in [6.45, 7) is 4.01. The summed E-state index contributed by atoms with van der Waals surface area (Å²) >= 11 is 0. The fraction of sp³-hybridized carbons (Fsp3) is 0.538. The molecule has 1 aromatic heterocycles. The second kappa shape index (κ2) is 6.87. The van der Waals surface area contributed by atoms with Crippen LogP contribution in [-0.2, 0) is 4.79 Å². The van der Waals surface area contributed by atoms with Crippen LogP contribution in [0.15, 0.2) is 18.5 Å². The normalized spacial score (nSPS) is 16.4. The number of carboxylic acid groups (broad SMARTS) is 1. The van der Waals surface area contributed by atoms with Crippen LogP contribution in [0.25, 0.3) is 0 Å². The van der Waals surface area contributed by atoms with Gasteiger partial charge < -0.3 is 20.2 Å². The molecule has 2 rings (SSSR count). The number of nitrogens with one attached hydrogen (secondary N) is 1. The summed E-state index contributed by atoms with van der Waals surface area (Å²) < 4.78 is 0. The van der Waals surface area contributed by atoms with Crippen molar-refractivity contribution in [1.82, 2.24) is 20.2 Å². The molecule has 0 saturated carbocycles. The van der Waals surface area contributed by atoms with Crippen LogP contribution in [0, 0.1) is 0 Å². The maximum Gasteiger partial charge on any atom is 0.326 e. The molecule has 8 heteroatoms. The lowest BCUT2D eigenvalue weighted by molar-refractivity contribution is -0.139. The number of hydrogen-bond donors (Lipinski definition) is 2. The first-order valence-electron chi connectivity index (χ1n) is 6.92. The Kier molecular flexibility index (Phi) is 4.91. The van der Waals surface area contributed by atoms with E-state index in [1.165, 1.54) is 0 Å². The molecule has 1 saturated heterocycles. The van der Waals surface area contributed by atoms with Crippen LogP contribution in [0.4, 0.5) is 10.7 Å².